The fourth-order valence-electron chi connectivity index (χ4n) is 3.40. The van der Waals surface area contributed by atoms with Crippen molar-refractivity contribution < 1.29 is 5.11 Å². The highest BCUT2D eigenvalue weighted by Gasteiger charge is 2.17. The van der Waals surface area contributed by atoms with Gasteiger partial charge in [0.15, 0.2) is 0 Å². The fraction of sp³-hybridized carbons (Fsp3) is 0.400. The zero-order valence-corrected chi connectivity index (χ0v) is 13.5. The summed E-state index contributed by atoms with van der Waals surface area (Å²) in [4.78, 5) is 2.45. The van der Waals surface area contributed by atoms with Crippen molar-refractivity contribution in [2.75, 3.05) is 13.1 Å². The molecule has 2 aromatic rings. The number of hydrogen-bond acceptors (Lipinski definition) is 2. The lowest BCUT2D eigenvalue weighted by molar-refractivity contribution is 0.137. The van der Waals surface area contributed by atoms with Crippen molar-refractivity contribution >= 4 is 0 Å². The third-order valence-corrected chi connectivity index (χ3v) is 4.71. The quantitative estimate of drug-likeness (QED) is 0.928. The van der Waals surface area contributed by atoms with E-state index in [0.717, 1.165) is 38.0 Å². The molecule has 2 nitrogen and oxygen atoms in total. The van der Waals surface area contributed by atoms with Gasteiger partial charge in [0.1, 0.15) is 0 Å². The molecule has 116 valence electrons. The average Bonchev–Trinajstić information content (AvgIpc) is 2.52. The second-order valence-corrected chi connectivity index (χ2v) is 6.46. The number of benzene rings is 2. The Balaban J connectivity index is 1.59. The third-order valence-electron chi connectivity index (χ3n) is 4.71. The van der Waals surface area contributed by atoms with E-state index in [4.69, 9.17) is 0 Å². The molecule has 2 aromatic carbocycles. The maximum absolute atomic E-state index is 10.5. The molecule has 2 heteroatoms. The van der Waals surface area contributed by atoms with Gasteiger partial charge in [0.25, 0.3) is 0 Å². The largest absolute Gasteiger partial charge is 0.388 e. The third kappa shape index (κ3) is 3.40. The molecule has 22 heavy (non-hydrogen) atoms. The SMILES string of the molecule is Cc1ccc(C(O)CCN2CCc3ccccc3C2)c(C)c1. The summed E-state index contributed by atoms with van der Waals surface area (Å²) in [6.45, 7) is 7.23. The van der Waals surface area contributed by atoms with Gasteiger partial charge in [-0.05, 0) is 48.9 Å². The Hall–Kier alpha value is -1.64. The van der Waals surface area contributed by atoms with Crippen LogP contribution in [0.1, 0.15) is 40.3 Å². The summed E-state index contributed by atoms with van der Waals surface area (Å²) < 4.78 is 0. The van der Waals surface area contributed by atoms with Gasteiger partial charge in [-0.25, -0.2) is 0 Å². The number of rotatable bonds is 4. The van der Waals surface area contributed by atoms with E-state index in [1.807, 2.05) is 0 Å². The Labute approximate surface area is 133 Å². The van der Waals surface area contributed by atoms with Crippen LogP contribution < -0.4 is 0 Å². The van der Waals surface area contributed by atoms with Crippen LogP contribution in [-0.2, 0) is 13.0 Å². The molecule has 0 fully saturated rings. The first kappa shape index (κ1) is 15.3. The Morgan fingerprint density at radius 1 is 1.09 bits per heavy atom. The van der Waals surface area contributed by atoms with Crippen LogP contribution in [0.5, 0.6) is 0 Å². The molecule has 0 amide bonds. The Bertz CT molecular complexity index is 650. The monoisotopic (exact) mass is 295 g/mol. The first-order valence-corrected chi connectivity index (χ1v) is 8.18. The van der Waals surface area contributed by atoms with Gasteiger partial charge in [-0.3, -0.25) is 4.90 Å². The molecule has 1 N–H and O–H groups in total. The highest BCUT2D eigenvalue weighted by molar-refractivity contribution is 5.32. The molecule has 1 heterocycles. The molecule has 3 rings (SSSR count). The summed E-state index contributed by atoms with van der Waals surface area (Å²) in [6, 6.07) is 15.0. The lowest BCUT2D eigenvalue weighted by Crippen LogP contribution is -2.32. The highest BCUT2D eigenvalue weighted by atomic mass is 16.3. The zero-order valence-electron chi connectivity index (χ0n) is 13.5. The van der Waals surface area contributed by atoms with Gasteiger partial charge >= 0.3 is 0 Å². The minimum atomic E-state index is -0.363. The number of aryl methyl sites for hydroxylation is 2. The second kappa shape index (κ2) is 6.64. The maximum Gasteiger partial charge on any atom is 0.0804 e. The summed E-state index contributed by atoms with van der Waals surface area (Å²) >= 11 is 0. The fourth-order valence-corrected chi connectivity index (χ4v) is 3.40. The van der Waals surface area contributed by atoms with E-state index < -0.39 is 0 Å². The molecule has 0 aliphatic carbocycles. The molecular formula is C20H25NO. The van der Waals surface area contributed by atoms with Crippen LogP contribution in [0.25, 0.3) is 0 Å². The van der Waals surface area contributed by atoms with E-state index in [0.29, 0.717) is 0 Å². The van der Waals surface area contributed by atoms with Gasteiger partial charge in [-0.15, -0.1) is 0 Å². The van der Waals surface area contributed by atoms with E-state index in [1.165, 1.54) is 22.3 Å². The van der Waals surface area contributed by atoms with Crippen molar-refractivity contribution in [2.45, 2.75) is 39.3 Å². The first-order chi connectivity index (χ1) is 10.6. The predicted octanol–water partition coefficient (Wildman–Crippen LogP) is 3.79. The number of hydrogen-bond donors (Lipinski definition) is 1. The van der Waals surface area contributed by atoms with Crippen molar-refractivity contribution in [1.29, 1.82) is 0 Å². The number of nitrogens with zero attached hydrogens (tertiary/aromatic N) is 1. The van der Waals surface area contributed by atoms with Gasteiger partial charge in [0, 0.05) is 19.6 Å². The van der Waals surface area contributed by atoms with Crippen LogP contribution in [0.2, 0.25) is 0 Å². The Kier molecular flexibility index (Phi) is 4.60. The van der Waals surface area contributed by atoms with Crippen molar-refractivity contribution in [3.63, 3.8) is 0 Å². The minimum absolute atomic E-state index is 0.363. The average molecular weight is 295 g/mol. The molecular weight excluding hydrogens is 270 g/mol. The standard InChI is InChI=1S/C20H25NO/c1-15-7-8-19(16(2)13-15)20(22)10-12-21-11-9-17-5-3-4-6-18(17)14-21/h3-8,13,20,22H,9-12,14H2,1-2H3. The molecule has 0 aromatic heterocycles. The lowest BCUT2D eigenvalue weighted by atomic mass is 9.97. The molecule has 1 atom stereocenters. The van der Waals surface area contributed by atoms with Crippen LogP contribution in [0, 0.1) is 13.8 Å². The van der Waals surface area contributed by atoms with Crippen LogP contribution in [0.3, 0.4) is 0 Å². The topological polar surface area (TPSA) is 23.5 Å². The van der Waals surface area contributed by atoms with Gasteiger partial charge in [0.2, 0.25) is 0 Å². The van der Waals surface area contributed by atoms with Crippen LogP contribution >= 0.6 is 0 Å². The van der Waals surface area contributed by atoms with Gasteiger partial charge in [0.05, 0.1) is 6.10 Å². The van der Waals surface area contributed by atoms with Crippen molar-refractivity contribution in [3.8, 4) is 0 Å². The molecule has 0 bridgehead atoms. The zero-order chi connectivity index (χ0) is 15.5. The lowest BCUT2D eigenvalue weighted by Gasteiger charge is -2.29. The van der Waals surface area contributed by atoms with E-state index in [-0.39, 0.29) is 6.10 Å². The maximum atomic E-state index is 10.5. The molecule has 0 radical (unpaired) electrons. The van der Waals surface area contributed by atoms with Crippen LogP contribution in [0.4, 0.5) is 0 Å². The number of aliphatic hydroxyl groups excluding tert-OH is 1. The highest BCUT2D eigenvalue weighted by Crippen LogP contribution is 2.24. The molecule has 1 aliphatic rings. The second-order valence-electron chi connectivity index (χ2n) is 6.46. The summed E-state index contributed by atoms with van der Waals surface area (Å²) in [7, 11) is 0. The van der Waals surface area contributed by atoms with Crippen LogP contribution in [-0.4, -0.2) is 23.1 Å². The Morgan fingerprint density at radius 3 is 2.64 bits per heavy atom. The van der Waals surface area contributed by atoms with Crippen molar-refractivity contribution in [1.82, 2.24) is 4.90 Å². The molecule has 0 saturated heterocycles. The van der Waals surface area contributed by atoms with Gasteiger partial charge in [-0.1, -0.05) is 48.0 Å². The molecule has 1 unspecified atom stereocenters. The van der Waals surface area contributed by atoms with Crippen LogP contribution in [0.15, 0.2) is 42.5 Å². The molecule has 1 aliphatic heterocycles. The summed E-state index contributed by atoms with van der Waals surface area (Å²) in [5.74, 6) is 0. The van der Waals surface area contributed by atoms with Gasteiger partial charge in [-0.2, -0.15) is 0 Å². The van der Waals surface area contributed by atoms with E-state index in [1.54, 1.807) is 0 Å². The van der Waals surface area contributed by atoms with Crippen molar-refractivity contribution in [3.05, 3.63) is 70.3 Å². The van der Waals surface area contributed by atoms with E-state index >= 15 is 0 Å². The van der Waals surface area contributed by atoms with E-state index in [9.17, 15) is 5.11 Å². The normalized spacial score (nSPS) is 16.3. The molecule has 0 saturated carbocycles. The van der Waals surface area contributed by atoms with Crippen molar-refractivity contribution in [2.24, 2.45) is 0 Å². The first-order valence-electron chi connectivity index (χ1n) is 8.18. The summed E-state index contributed by atoms with van der Waals surface area (Å²) in [5, 5.41) is 10.5. The minimum Gasteiger partial charge on any atom is -0.388 e. The Morgan fingerprint density at radius 2 is 1.86 bits per heavy atom. The van der Waals surface area contributed by atoms with Gasteiger partial charge < -0.3 is 5.11 Å². The predicted molar refractivity (Wildman–Crippen MR) is 90.9 cm³/mol. The summed E-state index contributed by atoms with van der Waals surface area (Å²) in [6.07, 6.45) is 1.56. The molecule has 0 spiro atoms. The van der Waals surface area contributed by atoms with E-state index in [2.05, 4.69) is 61.2 Å². The summed E-state index contributed by atoms with van der Waals surface area (Å²) in [5.41, 5.74) is 6.43. The smallest absolute Gasteiger partial charge is 0.0804 e. The number of fused-ring (bicyclic) bond motifs is 1. The number of aliphatic hydroxyl groups is 1.